The molecule has 0 radical (unpaired) electrons. The SMILES string of the molecule is Cn1cncc1CC1Nc2ccccc2C(C#N)C1N(Cc1ccccc1)S(=O)(=O)c1ccccc1. The molecular formula is C28H27N5O2S. The van der Waals surface area contributed by atoms with Crippen LogP contribution in [0.3, 0.4) is 0 Å². The number of nitrogens with zero attached hydrogens (tertiary/aromatic N) is 4. The van der Waals surface area contributed by atoms with Gasteiger partial charge >= 0.3 is 0 Å². The summed E-state index contributed by atoms with van der Waals surface area (Å²) in [7, 11) is -2.03. The summed E-state index contributed by atoms with van der Waals surface area (Å²) >= 11 is 0. The molecule has 8 heteroatoms. The zero-order valence-electron chi connectivity index (χ0n) is 19.9. The summed E-state index contributed by atoms with van der Waals surface area (Å²) in [4.78, 5) is 4.45. The maximum atomic E-state index is 14.2. The second-order valence-corrected chi connectivity index (χ2v) is 10.9. The van der Waals surface area contributed by atoms with E-state index in [0.717, 1.165) is 22.5 Å². The molecule has 2 heterocycles. The third kappa shape index (κ3) is 4.51. The Labute approximate surface area is 211 Å². The van der Waals surface area contributed by atoms with Crippen molar-refractivity contribution < 1.29 is 8.42 Å². The van der Waals surface area contributed by atoms with Gasteiger partial charge in [-0.05, 0) is 29.3 Å². The standard InChI is InChI=1S/C28H27N5O2S/c1-32-20-30-18-22(32)16-27-28(25(17-29)24-14-8-9-15-26(24)31-27)33(19-21-10-4-2-5-11-21)36(34,35)23-12-6-3-7-13-23/h2-15,18,20,25,27-28,31H,16,19H2,1H3. The fraction of sp³-hybridized carbons (Fsp3) is 0.214. The molecule has 1 N–H and O–H groups in total. The summed E-state index contributed by atoms with van der Waals surface area (Å²) in [6.07, 6.45) is 4.02. The van der Waals surface area contributed by atoms with Gasteiger partial charge in [0.25, 0.3) is 0 Å². The lowest BCUT2D eigenvalue weighted by atomic mass is 9.81. The number of aryl methyl sites for hydroxylation is 1. The van der Waals surface area contributed by atoms with E-state index < -0.39 is 22.0 Å². The minimum Gasteiger partial charge on any atom is -0.380 e. The molecule has 1 aliphatic rings. The normalized spacial score (nSPS) is 19.3. The van der Waals surface area contributed by atoms with Crippen molar-refractivity contribution in [2.45, 2.75) is 35.9 Å². The van der Waals surface area contributed by atoms with Crippen LogP contribution >= 0.6 is 0 Å². The molecule has 3 aromatic carbocycles. The number of nitriles is 1. The van der Waals surface area contributed by atoms with Gasteiger partial charge in [0.05, 0.1) is 29.3 Å². The van der Waals surface area contributed by atoms with Crippen LogP contribution < -0.4 is 5.32 Å². The average molecular weight is 498 g/mol. The summed E-state index contributed by atoms with van der Waals surface area (Å²) < 4.78 is 31.8. The first-order valence-electron chi connectivity index (χ1n) is 11.8. The molecule has 5 rings (SSSR count). The van der Waals surface area contributed by atoms with Gasteiger partial charge in [0, 0.05) is 43.6 Å². The second-order valence-electron chi connectivity index (χ2n) is 8.98. The molecule has 4 aromatic rings. The summed E-state index contributed by atoms with van der Waals surface area (Å²) in [5, 5.41) is 14.0. The molecule has 0 spiro atoms. The molecule has 0 bridgehead atoms. The highest BCUT2D eigenvalue weighted by Crippen LogP contribution is 2.40. The lowest BCUT2D eigenvalue weighted by Crippen LogP contribution is -2.55. The summed E-state index contributed by atoms with van der Waals surface area (Å²) in [6, 6.07) is 27.0. The molecule has 0 amide bonds. The van der Waals surface area contributed by atoms with Crippen molar-refractivity contribution >= 4 is 15.7 Å². The van der Waals surface area contributed by atoms with Crippen LogP contribution in [-0.2, 0) is 30.0 Å². The number of rotatable bonds is 7. The number of anilines is 1. The molecule has 1 aromatic heterocycles. The predicted octanol–water partition coefficient (Wildman–Crippen LogP) is 4.32. The number of sulfonamides is 1. The van der Waals surface area contributed by atoms with Crippen LogP contribution in [0.25, 0.3) is 0 Å². The molecule has 182 valence electrons. The van der Waals surface area contributed by atoms with E-state index in [4.69, 9.17) is 0 Å². The molecule has 3 unspecified atom stereocenters. The number of hydrogen-bond acceptors (Lipinski definition) is 5. The van der Waals surface area contributed by atoms with Gasteiger partial charge in [-0.1, -0.05) is 66.7 Å². The van der Waals surface area contributed by atoms with Gasteiger partial charge in [-0.15, -0.1) is 0 Å². The Morgan fingerprint density at radius 3 is 2.33 bits per heavy atom. The summed E-state index contributed by atoms with van der Waals surface area (Å²) in [6.45, 7) is 0.145. The van der Waals surface area contributed by atoms with Gasteiger partial charge in [0.15, 0.2) is 0 Å². The van der Waals surface area contributed by atoms with Crippen LogP contribution in [0.15, 0.2) is 102 Å². The van der Waals surface area contributed by atoms with E-state index in [2.05, 4.69) is 16.4 Å². The number of aromatic nitrogens is 2. The zero-order valence-corrected chi connectivity index (χ0v) is 20.7. The van der Waals surface area contributed by atoms with Crippen molar-refractivity contribution in [3.05, 3.63) is 114 Å². The minimum absolute atomic E-state index is 0.145. The fourth-order valence-electron chi connectivity index (χ4n) is 4.93. The third-order valence-electron chi connectivity index (χ3n) is 6.74. The van der Waals surface area contributed by atoms with Crippen LogP contribution in [0.4, 0.5) is 5.69 Å². The number of nitrogens with one attached hydrogen (secondary N) is 1. The van der Waals surface area contributed by atoms with Gasteiger partial charge < -0.3 is 9.88 Å². The Kier molecular flexibility index (Phi) is 6.59. The van der Waals surface area contributed by atoms with Gasteiger partial charge in [-0.25, -0.2) is 13.4 Å². The van der Waals surface area contributed by atoms with E-state index in [1.807, 2.05) is 66.2 Å². The van der Waals surface area contributed by atoms with Crippen molar-refractivity contribution in [1.82, 2.24) is 13.9 Å². The lowest BCUT2D eigenvalue weighted by molar-refractivity contribution is 0.257. The maximum absolute atomic E-state index is 14.2. The molecular weight excluding hydrogens is 470 g/mol. The molecule has 36 heavy (non-hydrogen) atoms. The van der Waals surface area contributed by atoms with Gasteiger partial charge in [0.1, 0.15) is 0 Å². The largest absolute Gasteiger partial charge is 0.380 e. The Morgan fingerprint density at radius 1 is 1.00 bits per heavy atom. The summed E-state index contributed by atoms with van der Waals surface area (Å²) in [5.41, 5.74) is 3.45. The zero-order chi connectivity index (χ0) is 25.1. The van der Waals surface area contributed by atoms with Gasteiger partial charge in [-0.3, -0.25) is 0 Å². The first kappa shape index (κ1) is 23.8. The topological polar surface area (TPSA) is 91.0 Å². The fourth-order valence-corrected chi connectivity index (χ4v) is 6.61. The van der Waals surface area contributed by atoms with E-state index in [1.54, 1.807) is 42.9 Å². The molecule has 0 fully saturated rings. The molecule has 3 atom stereocenters. The van der Waals surface area contributed by atoms with Crippen LogP contribution in [0.2, 0.25) is 0 Å². The highest BCUT2D eigenvalue weighted by Gasteiger charge is 2.45. The lowest BCUT2D eigenvalue weighted by Gasteiger charge is -2.43. The highest BCUT2D eigenvalue weighted by atomic mass is 32.2. The highest BCUT2D eigenvalue weighted by molar-refractivity contribution is 7.89. The van der Waals surface area contributed by atoms with Crippen LogP contribution in [0.5, 0.6) is 0 Å². The number of imidazole rings is 1. The van der Waals surface area contributed by atoms with Crippen molar-refractivity contribution in [2.75, 3.05) is 5.32 Å². The van der Waals surface area contributed by atoms with E-state index in [9.17, 15) is 13.7 Å². The van der Waals surface area contributed by atoms with Crippen molar-refractivity contribution in [3.8, 4) is 6.07 Å². The maximum Gasteiger partial charge on any atom is 0.243 e. The first-order chi connectivity index (χ1) is 17.5. The Bertz CT molecular complexity index is 1480. The van der Waals surface area contributed by atoms with Gasteiger partial charge in [-0.2, -0.15) is 9.57 Å². The predicted molar refractivity (Wildman–Crippen MR) is 139 cm³/mol. The van der Waals surface area contributed by atoms with Crippen LogP contribution in [0, 0.1) is 11.3 Å². The van der Waals surface area contributed by atoms with Gasteiger partial charge in [0.2, 0.25) is 10.0 Å². The molecule has 0 saturated heterocycles. The number of fused-ring (bicyclic) bond motifs is 1. The Hall–Kier alpha value is -3.93. The van der Waals surface area contributed by atoms with E-state index in [0.29, 0.717) is 6.42 Å². The van der Waals surface area contributed by atoms with Crippen molar-refractivity contribution in [2.24, 2.45) is 7.05 Å². The number of hydrogen-bond donors (Lipinski definition) is 1. The van der Waals surface area contributed by atoms with E-state index in [-0.39, 0.29) is 17.5 Å². The second kappa shape index (κ2) is 9.97. The average Bonchev–Trinajstić information content (AvgIpc) is 3.31. The first-order valence-corrected chi connectivity index (χ1v) is 13.2. The molecule has 1 aliphatic heterocycles. The van der Waals surface area contributed by atoms with Crippen molar-refractivity contribution in [1.29, 1.82) is 5.26 Å². The van der Waals surface area contributed by atoms with E-state index in [1.165, 1.54) is 4.31 Å². The monoisotopic (exact) mass is 497 g/mol. The molecule has 0 saturated carbocycles. The Morgan fingerprint density at radius 2 is 1.67 bits per heavy atom. The summed E-state index contributed by atoms with van der Waals surface area (Å²) in [5.74, 6) is -0.664. The molecule has 7 nitrogen and oxygen atoms in total. The van der Waals surface area contributed by atoms with Crippen molar-refractivity contribution in [3.63, 3.8) is 0 Å². The Balaban J connectivity index is 1.67. The number of para-hydroxylation sites is 1. The third-order valence-corrected chi connectivity index (χ3v) is 8.60. The molecule has 0 aliphatic carbocycles. The number of benzene rings is 3. The smallest absolute Gasteiger partial charge is 0.243 e. The quantitative estimate of drug-likeness (QED) is 0.411. The van der Waals surface area contributed by atoms with E-state index >= 15 is 0 Å². The minimum atomic E-state index is -3.95. The van der Waals surface area contributed by atoms with Crippen LogP contribution in [-0.4, -0.2) is 34.4 Å². The van der Waals surface area contributed by atoms with Crippen LogP contribution in [0.1, 0.15) is 22.7 Å².